The van der Waals surface area contributed by atoms with E-state index in [2.05, 4.69) is 123 Å². The van der Waals surface area contributed by atoms with Gasteiger partial charge in [0.2, 0.25) is 0 Å². The highest BCUT2D eigenvalue weighted by molar-refractivity contribution is 5.70. The summed E-state index contributed by atoms with van der Waals surface area (Å²) in [6.45, 7) is 4.34. The highest BCUT2D eigenvalue weighted by atomic mass is 16.6. The van der Waals surface area contributed by atoms with Gasteiger partial charge in [0.1, 0.15) is 12.6 Å². The average molecular weight is 834 g/mol. The molecule has 0 rings (SSSR count). The van der Waals surface area contributed by atoms with Crippen LogP contribution in [0.2, 0.25) is 0 Å². The van der Waals surface area contributed by atoms with E-state index in [1.807, 2.05) is 0 Å². The Hall–Kier alpha value is -4.01. The van der Waals surface area contributed by atoms with E-state index in [-0.39, 0.29) is 55.5 Å². The van der Waals surface area contributed by atoms with Crippen molar-refractivity contribution in [3.63, 3.8) is 0 Å². The molecule has 0 aliphatic carbocycles. The lowest BCUT2D eigenvalue weighted by Gasteiger charge is -2.34. The van der Waals surface area contributed by atoms with Crippen LogP contribution >= 0.6 is 0 Å². The fourth-order valence-electron chi connectivity index (χ4n) is 5.92. The molecule has 8 nitrogen and oxygen atoms in total. The van der Waals surface area contributed by atoms with E-state index in [1.54, 1.807) is 21.1 Å². The van der Waals surface area contributed by atoms with Crippen molar-refractivity contribution in [2.75, 3.05) is 41.0 Å². The van der Waals surface area contributed by atoms with E-state index in [0.717, 1.165) is 96.3 Å². The third-order valence-corrected chi connectivity index (χ3v) is 9.40. The molecule has 0 bridgehead atoms. The Bertz CT molecular complexity index is 1340. The molecule has 0 aromatic carbocycles. The van der Waals surface area contributed by atoms with Gasteiger partial charge >= 0.3 is 11.9 Å². The van der Waals surface area contributed by atoms with Gasteiger partial charge in [0, 0.05) is 19.3 Å². The number of nitrogens with zero attached hydrogens (tertiary/aromatic N) is 1. The summed E-state index contributed by atoms with van der Waals surface area (Å²) in [5.74, 6) is -1.84. The van der Waals surface area contributed by atoms with Gasteiger partial charge in [0.25, 0.3) is 0 Å². The van der Waals surface area contributed by atoms with Crippen molar-refractivity contribution in [3.05, 3.63) is 109 Å². The summed E-state index contributed by atoms with van der Waals surface area (Å²) in [6, 6.07) is -0.744. The number of allylic oxidation sites excluding steroid dienone is 18. The molecule has 338 valence electrons. The molecule has 0 aliphatic heterocycles. The molecule has 0 amide bonds. The van der Waals surface area contributed by atoms with E-state index in [0.29, 0.717) is 6.42 Å². The second-order valence-corrected chi connectivity index (χ2v) is 15.9. The smallest absolute Gasteiger partial charge is 0.306 e. The predicted molar refractivity (Wildman–Crippen MR) is 249 cm³/mol. The minimum atomic E-state index is -1.14. The zero-order valence-electron chi connectivity index (χ0n) is 38.3. The van der Waals surface area contributed by atoms with Gasteiger partial charge in [-0.1, -0.05) is 149 Å². The third kappa shape index (κ3) is 39.5. The Morgan fingerprint density at radius 3 is 1.35 bits per heavy atom. The van der Waals surface area contributed by atoms with Gasteiger partial charge in [-0.3, -0.25) is 9.59 Å². The molecular weight excluding hydrogens is 751 g/mol. The van der Waals surface area contributed by atoms with Crippen LogP contribution in [0, 0.1) is 0 Å². The van der Waals surface area contributed by atoms with Gasteiger partial charge in [-0.2, -0.15) is 0 Å². The summed E-state index contributed by atoms with van der Waals surface area (Å²) < 4.78 is 17.1. The summed E-state index contributed by atoms with van der Waals surface area (Å²) in [6.07, 6.45) is 56.9. The Balaban J connectivity index is 4.47. The van der Waals surface area contributed by atoms with Gasteiger partial charge in [-0.15, -0.1) is 0 Å². The summed E-state index contributed by atoms with van der Waals surface area (Å²) in [7, 11) is 5.37. The van der Waals surface area contributed by atoms with Crippen LogP contribution in [0.5, 0.6) is 0 Å². The molecule has 0 heterocycles. The molecule has 0 radical (unpaired) electrons. The molecule has 0 fully saturated rings. The lowest BCUT2D eigenvalue weighted by molar-refractivity contribution is -0.889. The largest absolute Gasteiger partial charge is 0.544 e. The number of esters is 2. The van der Waals surface area contributed by atoms with E-state index in [1.165, 1.54) is 12.8 Å². The van der Waals surface area contributed by atoms with Crippen molar-refractivity contribution in [3.8, 4) is 0 Å². The number of aliphatic carboxylic acids is 1. The average Bonchev–Trinajstić information content (AvgIpc) is 3.21. The van der Waals surface area contributed by atoms with Gasteiger partial charge < -0.3 is 28.6 Å². The molecule has 2 atom stereocenters. The van der Waals surface area contributed by atoms with Gasteiger partial charge in [0.15, 0.2) is 6.10 Å². The molecular formula is C52H83NO7. The van der Waals surface area contributed by atoms with Crippen LogP contribution in [0.1, 0.15) is 149 Å². The number of carbonyl (C=O) groups excluding carboxylic acids is 3. The van der Waals surface area contributed by atoms with Gasteiger partial charge in [-0.05, 0) is 89.9 Å². The quantitative estimate of drug-likeness (QED) is 0.0263. The van der Waals surface area contributed by atoms with Crippen LogP contribution in [0.15, 0.2) is 109 Å². The lowest BCUT2D eigenvalue weighted by atomic mass is 10.1. The monoisotopic (exact) mass is 834 g/mol. The first-order valence-electron chi connectivity index (χ1n) is 22.9. The summed E-state index contributed by atoms with van der Waals surface area (Å²) in [5.41, 5.74) is 0. The first-order valence-corrected chi connectivity index (χ1v) is 22.9. The van der Waals surface area contributed by atoms with Crippen LogP contribution in [0.3, 0.4) is 0 Å². The summed E-state index contributed by atoms with van der Waals surface area (Å²) >= 11 is 0. The molecule has 0 saturated carbocycles. The van der Waals surface area contributed by atoms with E-state index < -0.39 is 18.1 Å². The van der Waals surface area contributed by atoms with Crippen LogP contribution in [-0.4, -0.2) is 75.5 Å². The maximum Gasteiger partial charge on any atom is 0.306 e. The van der Waals surface area contributed by atoms with E-state index in [9.17, 15) is 19.5 Å². The number of carboxylic acids is 1. The second kappa shape index (κ2) is 41.7. The van der Waals surface area contributed by atoms with E-state index >= 15 is 0 Å². The first kappa shape index (κ1) is 56.0. The molecule has 2 unspecified atom stereocenters. The number of hydrogen-bond acceptors (Lipinski definition) is 7. The second-order valence-electron chi connectivity index (χ2n) is 15.9. The summed E-state index contributed by atoms with van der Waals surface area (Å²) in [5, 5.41) is 11.6. The SMILES string of the molecule is CC/C=C/C/C=C/C/C=C/C/C=C/C/C=C/C/C=C/CCCC(=O)OCC(COCCC(C(=O)[O-])[N+](C)(C)C)OC(=O)CCCCCCCC/C=C/C/C=C/C/C=C/CC. The fourth-order valence-corrected chi connectivity index (χ4v) is 5.92. The van der Waals surface area contributed by atoms with Gasteiger partial charge in [0.05, 0.1) is 40.3 Å². The van der Waals surface area contributed by atoms with Crippen molar-refractivity contribution in [1.29, 1.82) is 0 Å². The Morgan fingerprint density at radius 2 is 0.900 bits per heavy atom. The molecule has 0 spiro atoms. The highest BCUT2D eigenvalue weighted by Gasteiger charge is 2.25. The van der Waals surface area contributed by atoms with E-state index in [4.69, 9.17) is 14.2 Å². The van der Waals surface area contributed by atoms with Crippen molar-refractivity contribution < 1.29 is 38.2 Å². The zero-order chi connectivity index (χ0) is 44.2. The highest BCUT2D eigenvalue weighted by Crippen LogP contribution is 2.12. The topological polar surface area (TPSA) is 102 Å². The number of carbonyl (C=O) groups is 3. The normalized spacial score (nSPS) is 13.9. The van der Waals surface area contributed by atoms with Gasteiger partial charge in [-0.25, -0.2) is 0 Å². The number of quaternary nitrogens is 1. The summed E-state index contributed by atoms with van der Waals surface area (Å²) in [4.78, 5) is 36.9. The number of ether oxygens (including phenoxy) is 3. The standard InChI is InChI=1S/C52H83NO7/c1-6-8-10-12-14-16-18-20-22-24-25-26-27-29-30-32-34-36-38-40-42-50(54)59-47-48(46-58-45-44-49(52(56)57)53(3,4)5)60-51(55)43-41-39-37-35-33-31-28-23-21-19-17-15-13-11-9-7-2/h8-11,14-17,20-23,25-26,29-30,34,36,48-49H,6-7,12-13,18-19,24,27-28,31-33,35,37-47H2,1-5H3/b10-8+,11-9+,16-14+,17-15+,22-20+,23-21+,26-25+,30-29+,36-34+. The molecule has 60 heavy (non-hydrogen) atoms. The fraction of sp³-hybridized carbons (Fsp3) is 0.596. The number of likely N-dealkylation sites (N-methyl/N-ethyl adjacent to an activating group) is 1. The number of rotatable bonds is 39. The molecule has 0 aliphatic rings. The third-order valence-electron chi connectivity index (χ3n) is 9.40. The van der Waals surface area contributed by atoms with Crippen LogP contribution in [0.25, 0.3) is 0 Å². The number of carboxylic acid groups (broad SMARTS) is 1. The molecule has 0 aromatic heterocycles. The molecule has 0 N–H and O–H groups in total. The van der Waals surface area contributed by atoms with Crippen LogP contribution in [0.4, 0.5) is 0 Å². The number of hydrogen-bond donors (Lipinski definition) is 0. The number of unbranched alkanes of at least 4 members (excludes halogenated alkanes) is 7. The molecule has 0 saturated heterocycles. The maximum atomic E-state index is 12.7. The first-order chi connectivity index (χ1) is 29.1. The van der Waals surface area contributed by atoms with Crippen LogP contribution < -0.4 is 5.11 Å². The predicted octanol–water partition coefficient (Wildman–Crippen LogP) is 11.5. The lowest BCUT2D eigenvalue weighted by Crippen LogP contribution is -2.55. The minimum Gasteiger partial charge on any atom is -0.544 e. The van der Waals surface area contributed by atoms with Crippen molar-refractivity contribution >= 4 is 17.9 Å². The Kier molecular flexibility index (Phi) is 38.9. The minimum absolute atomic E-state index is 0.00943. The molecule has 0 aromatic rings. The van der Waals surface area contributed by atoms with Crippen molar-refractivity contribution in [2.24, 2.45) is 0 Å². The Labute approximate surface area is 366 Å². The van der Waals surface area contributed by atoms with Crippen molar-refractivity contribution in [2.45, 2.75) is 161 Å². The van der Waals surface area contributed by atoms with Crippen molar-refractivity contribution in [1.82, 2.24) is 0 Å². The maximum absolute atomic E-state index is 12.7. The Morgan fingerprint density at radius 1 is 0.500 bits per heavy atom. The molecule has 8 heteroatoms. The van der Waals surface area contributed by atoms with Crippen LogP contribution in [-0.2, 0) is 28.6 Å². The zero-order valence-corrected chi connectivity index (χ0v) is 38.3.